The van der Waals surface area contributed by atoms with Crippen LogP contribution in [0.3, 0.4) is 0 Å². The Balaban J connectivity index is 1.86. The van der Waals surface area contributed by atoms with Gasteiger partial charge in [0.05, 0.1) is 13.2 Å². The molecular formula is C16H18N2O2. The van der Waals surface area contributed by atoms with Gasteiger partial charge >= 0.3 is 0 Å². The van der Waals surface area contributed by atoms with Crippen molar-refractivity contribution in [2.45, 2.75) is 25.6 Å². The predicted molar refractivity (Wildman–Crippen MR) is 77.3 cm³/mol. The molecule has 1 aromatic rings. The third-order valence-corrected chi connectivity index (χ3v) is 3.72. The number of allylic oxidation sites excluding steroid dienone is 2. The zero-order chi connectivity index (χ0) is 14.1. The molecule has 2 heterocycles. The van der Waals surface area contributed by atoms with Gasteiger partial charge in [-0.25, -0.2) is 0 Å². The summed E-state index contributed by atoms with van der Waals surface area (Å²) in [5, 5.41) is 6.66. The van der Waals surface area contributed by atoms with Gasteiger partial charge in [-0.05, 0) is 35.8 Å². The van der Waals surface area contributed by atoms with Crippen LogP contribution in [-0.2, 0) is 4.79 Å². The lowest BCUT2D eigenvalue weighted by molar-refractivity contribution is -0.121. The van der Waals surface area contributed by atoms with Crippen molar-refractivity contribution in [2.24, 2.45) is 0 Å². The standard InChI is InChI=1S/C16H18N2O2/c1-10-6-12-8-14(19)15(18-16(12)17-9-10)11-4-3-5-13(7-11)20-2/h3-7,9,15-18H,8H2,1-2H3. The summed E-state index contributed by atoms with van der Waals surface area (Å²) >= 11 is 0. The van der Waals surface area contributed by atoms with Crippen molar-refractivity contribution in [3.05, 3.63) is 53.3 Å². The lowest BCUT2D eigenvalue weighted by Crippen LogP contribution is -2.51. The zero-order valence-electron chi connectivity index (χ0n) is 11.6. The zero-order valence-corrected chi connectivity index (χ0v) is 11.6. The van der Waals surface area contributed by atoms with Crippen LogP contribution in [0.1, 0.15) is 24.9 Å². The topological polar surface area (TPSA) is 50.4 Å². The Morgan fingerprint density at radius 2 is 2.20 bits per heavy atom. The summed E-state index contributed by atoms with van der Waals surface area (Å²) in [5.74, 6) is 0.961. The van der Waals surface area contributed by atoms with E-state index in [0.717, 1.165) is 22.5 Å². The number of carbonyl (C=O) groups excluding carboxylic acids is 1. The van der Waals surface area contributed by atoms with Crippen molar-refractivity contribution in [1.82, 2.24) is 10.6 Å². The molecule has 1 saturated heterocycles. The number of fused-ring (bicyclic) bond motifs is 1. The Hall–Kier alpha value is -2.07. The molecule has 0 saturated carbocycles. The Bertz CT molecular complexity index is 604. The molecule has 1 aromatic carbocycles. The second-order valence-corrected chi connectivity index (χ2v) is 5.23. The highest BCUT2D eigenvalue weighted by Gasteiger charge is 2.33. The van der Waals surface area contributed by atoms with E-state index in [1.165, 1.54) is 0 Å². The van der Waals surface area contributed by atoms with Crippen molar-refractivity contribution in [1.29, 1.82) is 0 Å². The van der Waals surface area contributed by atoms with E-state index in [1.54, 1.807) is 7.11 Å². The molecule has 2 atom stereocenters. The average molecular weight is 270 g/mol. The third kappa shape index (κ3) is 2.34. The first kappa shape index (κ1) is 12.9. The van der Waals surface area contributed by atoms with E-state index >= 15 is 0 Å². The first-order valence-corrected chi connectivity index (χ1v) is 6.73. The molecule has 104 valence electrons. The normalized spacial score (nSPS) is 25.2. The van der Waals surface area contributed by atoms with Crippen LogP contribution >= 0.6 is 0 Å². The smallest absolute Gasteiger partial charge is 0.158 e. The summed E-state index contributed by atoms with van der Waals surface area (Å²) in [5.41, 5.74) is 3.20. The molecule has 0 amide bonds. The minimum atomic E-state index is -0.286. The Morgan fingerprint density at radius 1 is 1.35 bits per heavy atom. The number of benzene rings is 1. The van der Waals surface area contributed by atoms with Crippen molar-refractivity contribution in [2.75, 3.05) is 7.11 Å². The number of Topliss-reactive ketones (excluding diaryl/α,β-unsaturated/α-hetero) is 1. The van der Waals surface area contributed by atoms with Gasteiger partial charge in [-0.2, -0.15) is 0 Å². The highest BCUT2D eigenvalue weighted by molar-refractivity contribution is 5.89. The van der Waals surface area contributed by atoms with Gasteiger partial charge in [0, 0.05) is 12.6 Å². The molecule has 0 bridgehead atoms. The largest absolute Gasteiger partial charge is 0.497 e. The van der Waals surface area contributed by atoms with Gasteiger partial charge in [-0.1, -0.05) is 18.2 Å². The van der Waals surface area contributed by atoms with Crippen molar-refractivity contribution in [3.8, 4) is 5.75 Å². The molecule has 0 aromatic heterocycles. The average Bonchev–Trinajstić information content (AvgIpc) is 2.46. The molecule has 2 aliphatic rings. The van der Waals surface area contributed by atoms with E-state index < -0.39 is 0 Å². The fraction of sp³-hybridized carbons (Fsp3) is 0.312. The summed E-state index contributed by atoms with van der Waals surface area (Å²) in [6.07, 6.45) is 4.57. The molecule has 2 aliphatic heterocycles. The summed E-state index contributed by atoms with van der Waals surface area (Å²) in [6, 6.07) is 7.37. The number of hydrogen-bond acceptors (Lipinski definition) is 4. The number of hydrogen-bond donors (Lipinski definition) is 2. The molecule has 4 heteroatoms. The van der Waals surface area contributed by atoms with E-state index in [1.807, 2.05) is 37.4 Å². The number of nitrogens with one attached hydrogen (secondary N) is 2. The van der Waals surface area contributed by atoms with E-state index in [4.69, 9.17) is 4.74 Å². The second kappa shape index (κ2) is 5.13. The quantitative estimate of drug-likeness (QED) is 0.863. The van der Waals surface area contributed by atoms with E-state index in [-0.39, 0.29) is 18.0 Å². The maximum Gasteiger partial charge on any atom is 0.158 e. The highest BCUT2D eigenvalue weighted by atomic mass is 16.5. The van der Waals surface area contributed by atoms with E-state index in [9.17, 15) is 4.79 Å². The fourth-order valence-corrected chi connectivity index (χ4v) is 2.71. The number of ether oxygens (including phenoxy) is 1. The highest BCUT2D eigenvalue weighted by Crippen LogP contribution is 2.29. The van der Waals surface area contributed by atoms with Gasteiger partial charge in [0.25, 0.3) is 0 Å². The summed E-state index contributed by atoms with van der Waals surface area (Å²) < 4.78 is 5.23. The third-order valence-electron chi connectivity index (χ3n) is 3.72. The Kier molecular flexibility index (Phi) is 3.32. The van der Waals surface area contributed by atoms with Crippen molar-refractivity contribution < 1.29 is 9.53 Å². The molecule has 0 spiro atoms. The maximum atomic E-state index is 12.4. The lowest BCUT2D eigenvalue weighted by Gasteiger charge is -2.34. The molecule has 1 fully saturated rings. The SMILES string of the molecule is COc1cccc(C2NC3NC=C(C)C=C3CC2=O)c1. The first-order valence-electron chi connectivity index (χ1n) is 6.73. The minimum absolute atomic E-state index is 0.0348. The predicted octanol–water partition coefficient (Wildman–Crippen LogP) is 2.06. The Morgan fingerprint density at radius 3 is 3.00 bits per heavy atom. The number of ketones is 1. The molecule has 20 heavy (non-hydrogen) atoms. The number of dihydropyridines is 1. The van der Waals surface area contributed by atoms with Gasteiger partial charge in [0.15, 0.2) is 5.78 Å². The monoisotopic (exact) mass is 270 g/mol. The Labute approximate surface area is 118 Å². The lowest BCUT2D eigenvalue weighted by atomic mass is 9.89. The minimum Gasteiger partial charge on any atom is -0.497 e. The molecule has 2 N–H and O–H groups in total. The molecule has 0 aliphatic carbocycles. The number of piperidine rings is 1. The summed E-state index contributed by atoms with van der Waals surface area (Å²) in [6.45, 7) is 2.02. The van der Waals surface area contributed by atoms with Crippen molar-refractivity contribution >= 4 is 5.78 Å². The van der Waals surface area contributed by atoms with Crippen LogP contribution in [-0.4, -0.2) is 19.1 Å². The molecule has 3 rings (SSSR count). The molecule has 2 unspecified atom stereocenters. The first-order chi connectivity index (χ1) is 9.67. The van der Waals surface area contributed by atoms with Gasteiger partial charge in [-0.15, -0.1) is 0 Å². The van der Waals surface area contributed by atoms with Crippen LogP contribution < -0.4 is 15.4 Å². The van der Waals surface area contributed by atoms with Crippen LogP contribution in [0.5, 0.6) is 5.75 Å². The number of carbonyl (C=O) groups is 1. The fourth-order valence-electron chi connectivity index (χ4n) is 2.71. The number of methoxy groups -OCH3 is 1. The van der Waals surface area contributed by atoms with Crippen LogP contribution in [0.15, 0.2) is 47.7 Å². The summed E-state index contributed by atoms with van der Waals surface area (Å²) in [4.78, 5) is 12.4. The molecule has 4 nitrogen and oxygen atoms in total. The van der Waals surface area contributed by atoms with Gasteiger partial charge in [0.2, 0.25) is 0 Å². The maximum absolute atomic E-state index is 12.4. The van der Waals surface area contributed by atoms with Gasteiger partial charge < -0.3 is 10.1 Å². The van der Waals surface area contributed by atoms with E-state index in [0.29, 0.717) is 6.42 Å². The van der Waals surface area contributed by atoms with E-state index in [2.05, 4.69) is 16.7 Å². The van der Waals surface area contributed by atoms with Crippen LogP contribution in [0.2, 0.25) is 0 Å². The molecular weight excluding hydrogens is 252 g/mol. The number of rotatable bonds is 2. The second-order valence-electron chi connectivity index (χ2n) is 5.23. The van der Waals surface area contributed by atoms with Crippen LogP contribution in [0, 0.1) is 0 Å². The van der Waals surface area contributed by atoms with Crippen LogP contribution in [0.25, 0.3) is 0 Å². The summed E-state index contributed by atoms with van der Waals surface area (Å²) in [7, 11) is 1.63. The van der Waals surface area contributed by atoms with Crippen molar-refractivity contribution in [3.63, 3.8) is 0 Å². The van der Waals surface area contributed by atoms with Gasteiger partial charge in [-0.3, -0.25) is 10.1 Å². The molecule has 0 radical (unpaired) electrons. The van der Waals surface area contributed by atoms with Gasteiger partial charge in [0.1, 0.15) is 11.9 Å². The van der Waals surface area contributed by atoms with Crippen LogP contribution in [0.4, 0.5) is 0 Å².